The topological polar surface area (TPSA) is 71.1 Å². The first-order valence-corrected chi connectivity index (χ1v) is 7.65. The molecule has 2 aromatic heterocycles. The van der Waals surface area contributed by atoms with E-state index in [2.05, 4.69) is 15.0 Å². The van der Waals surface area contributed by atoms with Crippen LogP contribution in [0.15, 0.2) is 23.1 Å². The fraction of sp³-hybridized carbons (Fsp3) is 0.400. The summed E-state index contributed by atoms with van der Waals surface area (Å²) in [5.74, 6) is -0.0117. The first-order valence-electron chi connectivity index (χ1n) is 7.27. The minimum Gasteiger partial charge on any atom is -0.375 e. The molecule has 1 aliphatic heterocycles. The molecule has 3 heterocycles. The Kier molecular flexibility index (Phi) is 4.32. The first-order chi connectivity index (χ1) is 11.0. The van der Waals surface area contributed by atoms with Crippen LogP contribution in [0.25, 0.3) is 11.4 Å². The van der Waals surface area contributed by atoms with E-state index in [1.165, 1.54) is 12.3 Å². The molecule has 1 saturated heterocycles. The van der Waals surface area contributed by atoms with E-state index in [-0.39, 0.29) is 23.0 Å². The van der Waals surface area contributed by atoms with Crippen LogP contribution in [-0.4, -0.2) is 40.2 Å². The minimum atomic E-state index is -0.644. The van der Waals surface area contributed by atoms with Gasteiger partial charge in [0.15, 0.2) is 5.82 Å². The van der Waals surface area contributed by atoms with Gasteiger partial charge in [0.25, 0.3) is 5.56 Å². The van der Waals surface area contributed by atoms with Gasteiger partial charge in [-0.25, -0.2) is 9.97 Å². The highest BCUT2D eigenvalue weighted by Crippen LogP contribution is 2.27. The van der Waals surface area contributed by atoms with Crippen molar-refractivity contribution in [3.8, 4) is 11.4 Å². The predicted molar refractivity (Wildman–Crippen MR) is 85.3 cm³/mol. The lowest BCUT2D eigenvalue weighted by Gasteiger charge is -2.38. The van der Waals surface area contributed by atoms with E-state index in [9.17, 15) is 9.18 Å². The third-order valence-corrected chi connectivity index (χ3v) is 4.34. The summed E-state index contributed by atoms with van der Waals surface area (Å²) in [4.78, 5) is 24.6. The molecule has 0 radical (unpaired) electrons. The number of nitrogens with one attached hydrogen (secondary N) is 1. The van der Waals surface area contributed by atoms with E-state index in [4.69, 9.17) is 16.3 Å². The van der Waals surface area contributed by atoms with Crippen LogP contribution in [0.3, 0.4) is 0 Å². The molecular weight excluding hydrogens is 323 g/mol. The van der Waals surface area contributed by atoms with Crippen molar-refractivity contribution in [2.75, 3.05) is 18.1 Å². The van der Waals surface area contributed by atoms with Crippen LogP contribution < -0.4 is 10.5 Å². The number of nitrogens with zero attached hydrogens (tertiary/aromatic N) is 3. The zero-order valence-corrected chi connectivity index (χ0v) is 13.5. The number of hydrogen-bond acceptors (Lipinski definition) is 5. The van der Waals surface area contributed by atoms with Crippen molar-refractivity contribution in [3.05, 3.63) is 39.7 Å². The van der Waals surface area contributed by atoms with E-state index in [0.29, 0.717) is 24.5 Å². The van der Waals surface area contributed by atoms with Crippen molar-refractivity contribution in [3.63, 3.8) is 0 Å². The quantitative estimate of drug-likeness (QED) is 0.850. The van der Waals surface area contributed by atoms with E-state index in [1.807, 2.05) is 18.7 Å². The van der Waals surface area contributed by atoms with E-state index in [1.54, 1.807) is 6.07 Å². The second kappa shape index (κ2) is 6.25. The summed E-state index contributed by atoms with van der Waals surface area (Å²) in [6, 6.07) is 2.80. The predicted octanol–water partition coefficient (Wildman–Crippen LogP) is 2.24. The third kappa shape index (κ3) is 3.07. The molecule has 0 aliphatic carbocycles. The maximum absolute atomic E-state index is 13.3. The average Bonchev–Trinajstić information content (AvgIpc) is 2.53. The van der Waals surface area contributed by atoms with Crippen LogP contribution in [0.2, 0.25) is 5.02 Å². The van der Waals surface area contributed by atoms with Crippen LogP contribution in [-0.2, 0) is 4.74 Å². The van der Waals surface area contributed by atoms with E-state index < -0.39 is 11.5 Å². The average molecular weight is 339 g/mol. The second-order valence-corrected chi connectivity index (χ2v) is 5.81. The van der Waals surface area contributed by atoms with Crippen LogP contribution in [0.5, 0.6) is 0 Å². The monoisotopic (exact) mass is 338 g/mol. The van der Waals surface area contributed by atoms with Crippen LogP contribution in [0.4, 0.5) is 10.2 Å². The molecule has 1 fully saturated rings. The summed E-state index contributed by atoms with van der Waals surface area (Å²) in [5, 5.41) is 0.0178. The van der Waals surface area contributed by atoms with Crippen molar-refractivity contribution in [1.29, 1.82) is 0 Å². The van der Waals surface area contributed by atoms with Gasteiger partial charge in [-0.15, -0.1) is 0 Å². The van der Waals surface area contributed by atoms with Crippen molar-refractivity contribution in [2.45, 2.75) is 26.0 Å². The standard InChI is InChI=1S/C15H16ClFN4O2/c1-8-9(2)23-6-5-21(8)14-12(16)15(22)20-13(19-14)10-3-4-18-11(17)7-10/h3-4,7-9H,5-6H2,1-2H3,(H,19,20,22). The molecule has 0 aromatic carbocycles. The Balaban J connectivity index is 2.09. The highest BCUT2D eigenvalue weighted by molar-refractivity contribution is 6.32. The Morgan fingerprint density at radius 3 is 3.00 bits per heavy atom. The summed E-state index contributed by atoms with van der Waals surface area (Å²) in [6.45, 7) is 5.03. The Hall–Kier alpha value is -1.99. The highest BCUT2D eigenvalue weighted by Gasteiger charge is 2.29. The number of aromatic nitrogens is 3. The van der Waals surface area contributed by atoms with Crippen LogP contribution in [0.1, 0.15) is 13.8 Å². The van der Waals surface area contributed by atoms with Crippen LogP contribution in [0, 0.1) is 5.95 Å². The smallest absolute Gasteiger partial charge is 0.272 e. The molecule has 0 amide bonds. The fourth-order valence-corrected chi connectivity index (χ4v) is 2.75. The van der Waals surface area contributed by atoms with Crippen LogP contribution >= 0.6 is 11.6 Å². The molecule has 23 heavy (non-hydrogen) atoms. The number of pyridine rings is 1. The Labute approximate surface area is 137 Å². The third-order valence-electron chi connectivity index (χ3n) is 4.00. The van der Waals surface area contributed by atoms with Gasteiger partial charge in [0.1, 0.15) is 10.8 Å². The number of rotatable bonds is 2. The van der Waals surface area contributed by atoms with Crippen molar-refractivity contribution >= 4 is 17.4 Å². The number of anilines is 1. The molecule has 1 aliphatic rings. The highest BCUT2D eigenvalue weighted by atomic mass is 35.5. The van der Waals surface area contributed by atoms with Gasteiger partial charge in [-0.1, -0.05) is 11.6 Å². The minimum absolute atomic E-state index is 0.0114. The number of halogens is 2. The van der Waals surface area contributed by atoms with Gasteiger partial charge in [-0.2, -0.15) is 4.39 Å². The summed E-state index contributed by atoms with van der Waals surface area (Å²) in [6.07, 6.45) is 1.31. The van der Waals surface area contributed by atoms with Gasteiger partial charge >= 0.3 is 0 Å². The zero-order valence-electron chi connectivity index (χ0n) is 12.7. The molecule has 0 saturated carbocycles. The molecule has 8 heteroatoms. The van der Waals surface area contributed by atoms with E-state index in [0.717, 1.165) is 0 Å². The lowest BCUT2D eigenvalue weighted by molar-refractivity contribution is 0.0281. The second-order valence-electron chi connectivity index (χ2n) is 5.43. The molecule has 6 nitrogen and oxygen atoms in total. The molecular formula is C15H16ClFN4O2. The molecule has 2 atom stereocenters. The molecule has 0 spiro atoms. The largest absolute Gasteiger partial charge is 0.375 e. The number of aromatic amines is 1. The zero-order chi connectivity index (χ0) is 16.6. The summed E-state index contributed by atoms with van der Waals surface area (Å²) >= 11 is 6.16. The number of ether oxygens (including phenoxy) is 1. The van der Waals surface area contributed by atoms with Gasteiger partial charge in [-0.3, -0.25) is 4.79 Å². The van der Waals surface area contributed by atoms with Crippen molar-refractivity contribution < 1.29 is 9.13 Å². The summed E-state index contributed by atoms with van der Waals surface area (Å²) in [5.41, 5.74) is -0.0308. The molecule has 3 rings (SSSR count). The maximum Gasteiger partial charge on any atom is 0.272 e. The SMILES string of the molecule is CC1OCCN(c2nc(-c3ccnc(F)c3)[nH]c(=O)c2Cl)C1C. The molecule has 2 unspecified atom stereocenters. The maximum atomic E-state index is 13.3. The fourth-order valence-electron chi connectivity index (χ4n) is 2.56. The van der Waals surface area contributed by atoms with Gasteiger partial charge in [0.05, 0.1) is 18.8 Å². The van der Waals surface area contributed by atoms with Gasteiger partial charge in [0, 0.05) is 24.4 Å². The molecule has 0 bridgehead atoms. The van der Waals surface area contributed by atoms with Gasteiger partial charge in [-0.05, 0) is 19.9 Å². The lowest BCUT2D eigenvalue weighted by Crippen LogP contribution is -2.49. The number of morpholine rings is 1. The summed E-state index contributed by atoms with van der Waals surface area (Å²) in [7, 11) is 0. The first kappa shape index (κ1) is 15.9. The Morgan fingerprint density at radius 2 is 2.26 bits per heavy atom. The summed E-state index contributed by atoms with van der Waals surface area (Å²) < 4.78 is 18.9. The Bertz CT molecular complexity index is 782. The normalized spacial score (nSPS) is 21.5. The lowest BCUT2D eigenvalue weighted by atomic mass is 10.1. The van der Waals surface area contributed by atoms with Crippen molar-refractivity contribution in [1.82, 2.24) is 15.0 Å². The Morgan fingerprint density at radius 1 is 1.48 bits per heavy atom. The van der Waals surface area contributed by atoms with Crippen molar-refractivity contribution in [2.24, 2.45) is 0 Å². The molecule has 122 valence electrons. The van der Waals surface area contributed by atoms with E-state index >= 15 is 0 Å². The van der Waals surface area contributed by atoms with Gasteiger partial charge in [0.2, 0.25) is 5.95 Å². The molecule has 2 aromatic rings. The molecule has 1 N–H and O–H groups in total. The van der Waals surface area contributed by atoms with Gasteiger partial charge < -0.3 is 14.6 Å². The number of hydrogen-bond donors (Lipinski definition) is 1. The number of H-pyrrole nitrogens is 1.